The van der Waals surface area contributed by atoms with Crippen molar-refractivity contribution in [2.75, 3.05) is 5.32 Å². The quantitative estimate of drug-likeness (QED) is 0.869. The Morgan fingerprint density at radius 3 is 2.82 bits per heavy atom. The number of carbonyl (C=O) groups is 1. The van der Waals surface area contributed by atoms with Gasteiger partial charge in [-0.3, -0.25) is 9.48 Å². The zero-order valence-corrected chi connectivity index (χ0v) is 12.9. The molecule has 0 aliphatic heterocycles. The number of rotatable bonds is 5. The summed E-state index contributed by atoms with van der Waals surface area (Å²) in [5.74, 6) is -1.70. The van der Waals surface area contributed by atoms with Crippen molar-refractivity contribution in [3.63, 3.8) is 0 Å². The lowest BCUT2D eigenvalue weighted by Crippen LogP contribution is -2.21. The number of halogens is 4. The standard InChI is InChI=1S/C13H11BrF3N3O2/c1-7-9(14)5-18-20(7)6-12(21)19-10-3-2-8(15)4-11(10)22-13(16)17/h2-5,13H,6H2,1H3,(H,19,21). The molecule has 0 bridgehead atoms. The number of alkyl halides is 2. The average molecular weight is 378 g/mol. The summed E-state index contributed by atoms with van der Waals surface area (Å²) in [7, 11) is 0. The Kier molecular flexibility index (Phi) is 5.07. The van der Waals surface area contributed by atoms with Gasteiger partial charge in [0.15, 0.2) is 5.75 Å². The lowest BCUT2D eigenvalue weighted by molar-refractivity contribution is -0.117. The second-order valence-electron chi connectivity index (χ2n) is 4.30. The highest BCUT2D eigenvalue weighted by Crippen LogP contribution is 2.27. The van der Waals surface area contributed by atoms with E-state index in [0.29, 0.717) is 0 Å². The summed E-state index contributed by atoms with van der Waals surface area (Å²) in [6.07, 6.45) is 1.53. The fourth-order valence-electron chi connectivity index (χ4n) is 1.70. The van der Waals surface area contributed by atoms with Crippen molar-refractivity contribution in [1.29, 1.82) is 0 Å². The predicted octanol–water partition coefficient (Wildman–Crippen LogP) is 3.33. The van der Waals surface area contributed by atoms with Gasteiger partial charge in [0.2, 0.25) is 5.91 Å². The SMILES string of the molecule is Cc1c(Br)cnn1CC(=O)Nc1ccc(F)cc1OC(F)F. The van der Waals surface area contributed by atoms with Crippen LogP contribution in [0.3, 0.4) is 0 Å². The van der Waals surface area contributed by atoms with E-state index >= 15 is 0 Å². The summed E-state index contributed by atoms with van der Waals surface area (Å²) in [6.45, 7) is -1.49. The number of nitrogens with zero attached hydrogens (tertiary/aromatic N) is 2. The molecule has 9 heteroatoms. The number of nitrogens with one attached hydrogen (secondary N) is 1. The van der Waals surface area contributed by atoms with Crippen LogP contribution in [0.15, 0.2) is 28.9 Å². The largest absolute Gasteiger partial charge is 0.432 e. The molecule has 0 aliphatic carbocycles. The minimum absolute atomic E-state index is 0.0458. The van der Waals surface area contributed by atoms with Gasteiger partial charge in [0.05, 0.1) is 22.1 Å². The lowest BCUT2D eigenvalue weighted by Gasteiger charge is -2.12. The highest BCUT2D eigenvalue weighted by atomic mass is 79.9. The molecular weight excluding hydrogens is 367 g/mol. The summed E-state index contributed by atoms with van der Waals surface area (Å²) in [6, 6.07) is 2.96. The normalized spacial score (nSPS) is 10.8. The van der Waals surface area contributed by atoms with Crippen molar-refractivity contribution >= 4 is 27.5 Å². The van der Waals surface area contributed by atoms with Crippen molar-refractivity contribution in [2.45, 2.75) is 20.1 Å². The average Bonchev–Trinajstić information content (AvgIpc) is 2.73. The summed E-state index contributed by atoms with van der Waals surface area (Å²) in [4.78, 5) is 11.9. The Balaban J connectivity index is 2.12. The predicted molar refractivity (Wildman–Crippen MR) is 76.3 cm³/mol. The van der Waals surface area contributed by atoms with E-state index in [4.69, 9.17) is 0 Å². The third kappa shape index (κ3) is 4.00. The highest BCUT2D eigenvalue weighted by molar-refractivity contribution is 9.10. The fraction of sp³-hybridized carbons (Fsp3) is 0.231. The summed E-state index contributed by atoms with van der Waals surface area (Å²) in [5, 5.41) is 6.37. The number of amides is 1. The number of hydrogen-bond acceptors (Lipinski definition) is 3. The Hall–Kier alpha value is -2.03. The zero-order valence-electron chi connectivity index (χ0n) is 11.3. The maximum Gasteiger partial charge on any atom is 0.387 e. The molecule has 0 aliphatic rings. The van der Waals surface area contributed by atoms with Crippen LogP contribution in [0.5, 0.6) is 5.75 Å². The molecule has 2 aromatic rings. The van der Waals surface area contributed by atoms with Crippen LogP contribution < -0.4 is 10.1 Å². The molecular formula is C13H11BrF3N3O2. The molecule has 0 unspecified atom stereocenters. The Bertz CT molecular complexity index is 691. The molecule has 1 aromatic carbocycles. The molecule has 0 saturated heterocycles. The van der Waals surface area contributed by atoms with Crippen molar-refractivity contribution in [3.8, 4) is 5.75 Å². The molecule has 1 aromatic heterocycles. The first-order chi connectivity index (χ1) is 10.4. The van der Waals surface area contributed by atoms with E-state index in [0.717, 1.165) is 28.4 Å². The van der Waals surface area contributed by atoms with Gasteiger partial charge < -0.3 is 10.1 Å². The first kappa shape index (κ1) is 16.3. The number of hydrogen-bond donors (Lipinski definition) is 1. The van der Waals surface area contributed by atoms with E-state index in [1.807, 2.05) is 0 Å². The van der Waals surface area contributed by atoms with Gasteiger partial charge >= 0.3 is 6.61 Å². The van der Waals surface area contributed by atoms with E-state index < -0.39 is 24.1 Å². The molecule has 1 amide bonds. The third-order valence-electron chi connectivity index (χ3n) is 2.77. The molecule has 5 nitrogen and oxygen atoms in total. The van der Waals surface area contributed by atoms with E-state index in [2.05, 4.69) is 31.1 Å². The van der Waals surface area contributed by atoms with Gasteiger partial charge in [0.25, 0.3) is 0 Å². The highest BCUT2D eigenvalue weighted by Gasteiger charge is 2.14. The maximum atomic E-state index is 13.1. The molecule has 2 rings (SSSR count). The Morgan fingerprint density at radius 1 is 1.50 bits per heavy atom. The molecule has 0 fully saturated rings. The number of benzene rings is 1. The fourth-order valence-corrected chi connectivity index (χ4v) is 2.00. The molecule has 22 heavy (non-hydrogen) atoms. The van der Waals surface area contributed by atoms with Gasteiger partial charge in [0.1, 0.15) is 12.4 Å². The van der Waals surface area contributed by atoms with Crippen LogP contribution in [0, 0.1) is 12.7 Å². The van der Waals surface area contributed by atoms with Gasteiger partial charge in [-0.25, -0.2) is 4.39 Å². The number of carbonyl (C=O) groups excluding carboxylic acids is 1. The van der Waals surface area contributed by atoms with Crippen molar-refractivity contribution in [1.82, 2.24) is 9.78 Å². The zero-order chi connectivity index (χ0) is 16.3. The smallest absolute Gasteiger partial charge is 0.387 e. The first-order valence-corrected chi connectivity index (χ1v) is 6.88. The topological polar surface area (TPSA) is 56.2 Å². The van der Waals surface area contributed by atoms with Gasteiger partial charge in [-0.05, 0) is 35.0 Å². The molecule has 1 heterocycles. The van der Waals surface area contributed by atoms with Crippen LogP contribution in [0.25, 0.3) is 0 Å². The minimum atomic E-state index is -3.12. The number of anilines is 1. The van der Waals surface area contributed by atoms with E-state index in [1.165, 1.54) is 10.9 Å². The van der Waals surface area contributed by atoms with Crippen LogP contribution in [0.2, 0.25) is 0 Å². The van der Waals surface area contributed by atoms with Crippen molar-refractivity contribution in [3.05, 3.63) is 40.4 Å². The molecule has 0 spiro atoms. The Labute approximate surface area is 132 Å². The Morgan fingerprint density at radius 2 is 2.23 bits per heavy atom. The van der Waals surface area contributed by atoms with Crippen molar-refractivity contribution in [2.24, 2.45) is 0 Å². The van der Waals surface area contributed by atoms with Crippen LogP contribution in [0.4, 0.5) is 18.9 Å². The van der Waals surface area contributed by atoms with Gasteiger partial charge in [-0.1, -0.05) is 0 Å². The summed E-state index contributed by atoms with van der Waals surface area (Å²) >= 11 is 3.26. The first-order valence-electron chi connectivity index (χ1n) is 6.09. The maximum absolute atomic E-state index is 13.1. The molecule has 0 radical (unpaired) electrons. The molecule has 118 valence electrons. The minimum Gasteiger partial charge on any atom is -0.432 e. The number of aromatic nitrogens is 2. The van der Waals surface area contributed by atoms with E-state index in [1.54, 1.807) is 6.92 Å². The summed E-state index contributed by atoms with van der Waals surface area (Å²) < 4.78 is 44.0. The van der Waals surface area contributed by atoms with E-state index in [9.17, 15) is 18.0 Å². The van der Waals surface area contributed by atoms with Crippen LogP contribution in [-0.2, 0) is 11.3 Å². The van der Waals surface area contributed by atoms with Gasteiger partial charge in [0, 0.05) is 6.07 Å². The molecule has 0 saturated carbocycles. The van der Waals surface area contributed by atoms with Crippen LogP contribution in [-0.4, -0.2) is 22.3 Å². The van der Waals surface area contributed by atoms with E-state index in [-0.39, 0.29) is 12.2 Å². The molecule has 1 N–H and O–H groups in total. The second-order valence-corrected chi connectivity index (χ2v) is 5.16. The second kappa shape index (κ2) is 6.82. The van der Waals surface area contributed by atoms with Gasteiger partial charge in [-0.15, -0.1) is 0 Å². The van der Waals surface area contributed by atoms with Gasteiger partial charge in [-0.2, -0.15) is 13.9 Å². The van der Waals surface area contributed by atoms with Crippen LogP contribution in [0.1, 0.15) is 5.69 Å². The summed E-state index contributed by atoms with van der Waals surface area (Å²) in [5.41, 5.74) is 0.689. The molecule has 0 atom stereocenters. The lowest BCUT2D eigenvalue weighted by atomic mass is 10.3. The third-order valence-corrected chi connectivity index (χ3v) is 3.55. The number of ether oxygens (including phenoxy) is 1. The van der Waals surface area contributed by atoms with Crippen molar-refractivity contribution < 1.29 is 22.7 Å². The van der Waals surface area contributed by atoms with Crippen LogP contribution >= 0.6 is 15.9 Å². The monoisotopic (exact) mass is 377 g/mol.